The average molecular weight is 704 g/mol. The lowest BCUT2D eigenvalue weighted by molar-refractivity contribution is 1.32. The fourth-order valence-electron chi connectivity index (χ4n) is 8.63. The summed E-state index contributed by atoms with van der Waals surface area (Å²) in [5, 5.41) is 12.5. The Morgan fingerprint density at radius 1 is 0.296 bits per heavy atom. The van der Waals surface area contributed by atoms with Gasteiger partial charge < -0.3 is 4.90 Å². The zero-order valence-electron chi connectivity index (χ0n) is 29.4. The van der Waals surface area contributed by atoms with Gasteiger partial charge in [0.25, 0.3) is 0 Å². The van der Waals surface area contributed by atoms with Gasteiger partial charge in [-0.1, -0.05) is 158 Å². The Hall–Kier alpha value is -6.74. The third kappa shape index (κ3) is 4.85. The molecule has 0 atom stereocenters. The summed E-state index contributed by atoms with van der Waals surface area (Å²) in [5.74, 6) is 0. The topological polar surface area (TPSA) is 3.24 Å². The molecule has 11 aromatic rings. The number of thiophene rings is 1. The van der Waals surface area contributed by atoms with Crippen LogP contribution in [-0.2, 0) is 0 Å². The first-order chi connectivity index (χ1) is 26.8. The van der Waals surface area contributed by atoms with Gasteiger partial charge in [-0.25, -0.2) is 0 Å². The molecule has 1 aromatic heterocycles. The van der Waals surface area contributed by atoms with E-state index in [2.05, 4.69) is 205 Å². The molecule has 54 heavy (non-hydrogen) atoms. The maximum absolute atomic E-state index is 2.49. The van der Waals surface area contributed by atoms with Crippen LogP contribution in [0.3, 0.4) is 0 Å². The first kappa shape index (κ1) is 30.8. The predicted octanol–water partition coefficient (Wildman–Crippen LogP) is 15.5. The van der Waals surface area contributed by atoms with Crippen molar-refractivity contribution in [2.45, 2.75) is 0 Å². The second-order valence-electron chi connectivity index (χ2n) is 14.0. The minimum Gasteiger partial charge on any atom is -0.310 e. The number of benzene rings is 10. The highest BCUT2D eigenvalue weighted by molar-refractivity contribution is 7.25. The van der Waals surface area contributed by atoms with E-state index in [9.17, 15) is 0 Å². The van der Waals surface area contributed by atoms with Crippen LogP contribution in [0.2, 0.25) is 0 Å². The zero-order valence-corrected chi connectivity index (χ0v) is 30.2. The number of nitrogens with zero attached hydrogens (tertiary/aromatic N) is 1. The fraction of sp³-hybridized carbons (Fsp3) is 0. The summed E-state index contributed by atoms with van der Waals surface area (Å²) in [6, 6.07) is 73.7. The second-order valence-corrected chi connectivity index (χ2v) is 15.1. The van der Waals surface area contributed by atoms with Gasteiger partial charge in [-0.2, -0.15) is 0 Å². The Labute approximate surface area is 317 Å². The first-order valence-corrected chi connectivity index (χ1v) is 19.3. The van der Waals surface area contributed by atoms with Gasteiger partial charge in [-0.15, -0.1) is 11.3 Å². The molecule has 11 rings (SSSR count). The molecule has 0 aliphatic rings. The van der Waals surface area contributed by atoms with Crippen molar-refractivity contribution in [3.05, 3.63) is 200 Å². The van der Waals surface area contributed by atoms with E-state index >= 15 is 0 Å². The van der Waals surface area contributed by atoms with Gasteiger partial charge in [-0.05, 0) is 102 Å². The van der Waals surface area contributed by atoms with E-state index in [1.54, 1.807) is 0 Å². The maximum atomic E-state index is 2.49. The number of rotatable bonds is 5. The SMILES string of the molecule is c1ccc(-c2c(-c3ccccc3)c3cc(N(c4ccc5sc6ccccc6c5c4)c4cc5ccccc5c5ccccc45)ccc3c3ccccc23)cc1. The number of hydrogen-bond donors (Lipinski definition) is 0. The van der Waals surface area contributed by atoms with Crippen LogP contribution in [0.4, 0.5) is 17.1 Å². The molecule has 0 saturated heterocycles. The third-order valence-electron chi connectivity index (χ3n) is 11.0. The van der Waals surface area contributed by atoms with E-state index in [0.717, 1.165) is 17.1 Å². The van der Waals surface area contributed by atoms with Crippen molar-refractivity contribution in [2.75, 3.05) is 4.90 Å². The molecule has 0 N–H and O–H groups in total. The molecule has 0 bridgehead atoms. The number of fused-ring (bicyclic) bond motifs is 9. The Morgan fingerprint density at radius 3 is 1.50 bits per heavy atom. The maximum Gasteiger partial charge on any atom is 0.0546 e. The van der Waals surface area contributed by atoms with Crippen molar-refractivity contribution in [1.82, 2.24) is 0 Å². The molecule has 0 aliphatic carbocycles. The third-order valence-corrected chi connectivity index (χ3v) is 12.1. The lowest BCUT2D eigenvalue weighted by Crippen LogP contribution is -2.11. The summed E-state index contributed by atoms with van der Waals surface area (Å²) in [7, 11) is 0. The van der Waals surface area contributed by atoms with Gasteiger partial charge in [0.2, 0.25) is 0 Å². The molecule has 0 unspecified atom stereocenters. The van der Waals surface area contributed by atoms with Gasteiger partial charge in [0, 0.05) is 36.9 Å². The van der Waals surface area contributed by atoms with E-state index in [-0.39, 0.29) is 0 Å². The smallest absolute Gasteiger partial charge is 0.0546 e. The molecular weight excluding hydrogens is 671 g/mol. The highest BCUT2D eigenvalue weighted by Gasteiger charge is 2.22. The van der Waals surface area contributed by atoms with Crippen LogP contribution >= 0.6 is 11.3 Å². The Balaban J connectivity index is 1.27. The summed E-state index contributed by atoms with van der Waals surface area (Å²) in [6.07, 6.45) is 0. The minimum atomic E-state index is 1.12. The summed E-state index contributed by atoms with van der Waals surface area (Å²) >= 11 is 1.86. The van der Waals surface area contributed by atoms with Crippen LogP contribution < -0.4 is 4.90 Å². The van der Waals surface area contributed by atoms with Gasteiger partial charge >= 0.3 is 0 Å². The molecule has 0 amide bonds. The summed E-state index contributed by atoms with van der Waals surface area (Å²) < 4.78 is 2.61. The van der Waals surface area contributed by atoms with E-state index < -0.39 is 0 Å². The monoisotopic (exact) mass is 703 g/mol. The van der Waals surface area contributed by atoms with E-state index in [0.29, 0.717) is 0 Å². The molecule has 0 aliphatic heterocycles. The zero-order chi connectivity index (χ0) is 35.6. The molecule has 1 heterocycles. The lowest BCUT2D eigenvalue weighted by Gasteiger charge is -2.29. The van der Waals surface area contributed by atoms with Crippen molar-refractivity contribution >= 4 is 91.7 Å². The highest BCUT2D eigenvalue weighted by atomic mass is 32.1. The highest BCUT2D eigenvalue weighted by Crippen LogP contribution is 2.49. The molecule has 10 aromatic carbocycles. The lowest BCUT2D eigenvalue weighted by atomic mass is 9.85. The van der Waals surface area contributed by atoms with E-state index in [1.807, 2.05) is 11.3 Å². The molecule has 2 heteroatoms. The van der Waals surface area contributed by atoms with Crippen LogP contribution in [0.1, 0.15) is 0 Å². The first-order valence-electron chi connectivity index (χ1n) is 18.5. The average Bonchev–Trinajstić information content (AvgIpc) is 3.62. The quantitative estimate of drug-likeness (QED) is 0.161. The molecule has 0 saturated carbocycles. The molecule has 1 nitrogen and oxygen atoms in total. The molecule has 0 radical (unpaired) electrons. The van der Waals surface area contributed by atoms with Gasteiger partial charge in [0.15, 0.2) is 0 Å². The number of anilines is 3. The minimum absolute atomic E-state index is 1.12. The summed E-state index contributed by atoms with van der Waals surface area (Å²) in [6.45, 7) is 0. The Morgan fingerprint density at radius 2 is 0.778 bits per heavy atom. The van der Waals surface area contributed by atoms with Crippen LogP contribution in [0, 0.1) is 0 Å². The van der Waals surface area contributed by atoms with Crippen LogP contribution in [-0.4, -0.2) is 0 Å². The molecular formula is C52H33NS. The summed E-state index contributed by atoms with van der Waals surface area (Å²) in [4.78, 5) is 2.49. The van der Waals surface area contributed by atoms with Gasteiger partial charge in [-0.3, -0.25) is 0 Å². The Bertz CT molecular complexity index is 3210. The van der Waals surface area contributed by atoms with E-state index in [1.165, 1.54) is 85.5 Å². The normalized spacial score (nSPS) is 11.7. The van der Waals surface area contributed by atoms with E-state index in [4.69, 9.17) is 0 Å². The van der Waals surface area contributed by atoms with Crippen molar-refractivity contribution in [2.24, 2.45) is 0 Å². The van der Waals surface area contributed by atoms with Crippen molar-refractivity contribution < 1.29 is 0 Å². The van der Waals surface area contributed by atoms with Gasteiger partial charge in [0.05, 0.1) is 5.69 Å². The summed E-state index contributed by atoms with van der Waals surface area (Å²) in [5.41, 5.74) is 8.35. The second kappa shape index (κ2) is 12.4. The Kier molecular flexibility index (Phi) is 7.11. The standard InChI is InChI=1S/C52H33NS/c1-3-15-34(16-4-1)51-45-25-12-10-22-41(45)42-29-27-37(33-47(42)52(51)35-17-5-2-6-18-35)53(38-28-30-50-46(32-38)44-24-13-14-26-49(44)54-50)48-31-36-19-7-8-20-39(36)40-21-9-11-23-43(40)48/h1-33H. The van der Waals surface area contributed by atoms with Gasteiger partial charge in [0.1, 0.15) is 0 Å². The van der Waals surface area contributed by atoms with Crippen LogP contribution in [0.25, 0.3) is 85.5 Å². The number of hydrogen-bond acceptors (Lipinski definition) is 2. The van der Waals surface area contributed by atoms with Crippen LogP contribution in [0.15, 0.2) is 200 Å². The molecule has 252 valence electrons. The van der Waals surface area contributed by atoms with Crippen molar-refractivity contribution in [3.63, 3.8) is 0 Å². The largest absolute Gasteiger partial charge is 0.310 e. The molecule has 0 fully saturated rings. The van der Waals surface area contributed by atoms with Crippen LogP contribution in [0.5, 0.6) is 0 Å². The van der Waals surface area contributed by atoms with Crippen molar-refractivity contribution in [3.8, 4) is 22.3 Å². The fourth-order valence-corrected chi connectivity index (χ4v) is 9.71. The predicted molar refractivity (Wildman–Crippen MR) is 235 cm³/mol. The molecule has 0 spiro atoms. The van der Waals surface area contributed by atoms with Crippen molar-refractivity contribution in [1.29, 1.82) is 0 Å².